The van der Waals surface area contributed by atoms with Crippen LogP contribution in [-0.4, -0.2) is 4.98 Å². The summed E-state index contributed by atoms with van der Waals surface area (Å²) in [6, 6.07) is 25.2. The van der Waals surface area contributed by atoms with Crippen LogP contribution >= 0.6 is 0 Å². The van der Waals surface area contributed by atoms with Crippen molar-refractivity contribution in [3.63, 3.8) is 0 Å². The van der Waals surface area contributed by atoms with Gasteiger partial charge in [0.15, 0.2) is 0 Å². The van der Waals surface area contributed by atoms with Crippen molar-refractivity contribution in [3.05, 3.63) is 79.0 Å². The molecule has 0 atom stereocenters. The van der Waals surface area contributed by atoms with Crippen LogP contribution < -0.4 is 0 Å². The molecule has 4 rings (SSSR count). The summed E-state index contributed by atoms with van der Waals surface area (Å²) in [5.74, 6) is 0. The van der Waals surface area contributed by atoms with Gasteiger partial charge in [-0.05, 0) is 22.6 Å². The molecular formula is C19H13N. The largest absolute Gasteiger partial charge is 0.256 e. The Morgan fingerprint density at radius 3 is 2.20 bits per heavy atom. The molecule has 0 unspecified atom stereocenters. The van der Waals surface area contributed by atoms with Crippen LogP contribution in [0.15, 0.2) is 79.0 Å². The summed E-state index contributed by atoms with van der Waals surface area (Å²) in [6.07, 6.45) is 1.99. The van der Waals surface area contributed by atoms with E-state index in [1.54, 1.807) is 0 Å². The predicted octanol–water partition coefficient (Wildman–Crippen LogP) is 5.06. The van der Waals surface area contributed by atoms with Crippen LogP contribution in [0.5, 0.6) is 0 Å². The van der Waals surface area contributed by atoms with Crippen LogP contribution in [0.4, 0.5) is 0 Å². The minimum Gasteiger partial charge on any atom is -0.256 e. The summed E-state index contributed by atoms with van der Waals surface area (Å²) in [7, 11) is 0. The standard InChI is InChI=1S/C19H13N/c1-2-7-14(8-3-1)15-10-6-11-16-17-9-4-5-12-19(17)20-13-18(15)16/h1-13H. The van der Waals surface area contributed by atoms with Gasteiger partial charge in [-0.2, -0.15) is 0 Å². The van der Waals surface area contributed by atoms with E-state index in [0.29, 0.717) is 0 Å². The molecule has 0 aliphatic carbocycles. The molecule has 20 heavy (non-hydrogen) atoms. The predicted molar refractivity (Wildman–Crippen MR) is 84.7 cm³/mol. The Bertz CT molecular complexity index is 895. The highest BCUT2D eigenvalue weighted by atomic mass is 14.6. The van der Waals surface area contributed by atoms with Gasteiger partial charge in [-0.3, -0.25) is 4.98 Å². The van der Waals surface area contributed by atoms with Gasteiger partial charge in [0.1, 0.15) is 0 Å². The van der Waals surface area contributed by atoms with E-state index in [9.17, 15) is 0 Å². The zero-order chi connectivity index (χ0) is 13.4. The first-order chi connectivity index (χ1) is 9.93. The maximum Gasteiger partial charge on any atom is 0.0708 e. The quantitative estimate of drug-likeness (QED) is 0.433. The highest BCUT2D eigenvalue weighted by Gasteiger charge is 2.06. The van der Waals surface area contributed by atoms with Crippen molar-refractivity contribution < 1.29 is 0 Å². The number of nitrogens with zero attached hydrogens (tertiary/aromatic N) is 1. The minimum absolute atomic E-state index is 1.05. The van der Waals surface area contributed by atoms with Gasteiger partial charge < -0.3 is 0 Å². The number of rotatable bonds is 1. The fraction of sp³-hybridized carbons (Fsp3) is 0. The Balaban J connectivity index is 2.12. The number of hydrogen-bond donors (Lipinski definition) is 0. The number of benzene rings is 3. The van der Waals surface area contributed by atoms with E-state index in [2.05, 4.69) is 65.6 Å². The lowest BCUT2D eigenvalue weighted by molar-refractivity contribution is 1.44. The maximum absolute atomic E-state index is 4.60. The molecule has 0 N–H and O–H groups in total. The van der Waals surface area contributed by atoms with E-state index in [1.165, 1.54) is 27.3 Å². The molecule has 94 valence electrons. The van der Waals surface area contributed by atoms with Crippen molar-refractivity contribution in [1.82, 2.24) is 4.98 Å². The van der Waals surface area contributed by atoms with E-state index in [4.69, 9.17) is 0 Å². The molecule has 0 spiro atoms. The summed E-state index contributed by atoms with van der Waals surface area (Å²) in [4.78, 5) is 4.60. The normalized spacial score (nSPS) is 11.0. The van der Waals surface area contributed by atoms with Gasteiger partial charge in [-0.25, -0.2) is 0 Å². The fourth-order valence-electron chi connectivity index (χ4n) is 2.76. The van der Waals surface area contributed by atoms with Gasteiger partial charge in [0, 0.05) is 17.0 Å². The van der Waals surface area contributed by atoms with Crippen molar-refractivity contribution in [2.45, 2.75) is 0 Å². The Hall–Kier alpha value is -2.67. The number of aromatic nitrogens is 1. The molecule has 0 saturated heterocycles. The van der Waals surface area contributed by atoms with Gasteiger partial charge in [0.05, 0.1) is 5.52 Å². The first-order valence-electron chi connectivity index (χ1n) is 6.75. The molecule has 0 aliphatic heterocycles. The third kappa shape index (κ3) is 1.68. The van der Waals surface area contributed by atoms with Gasteiger partial charge in [0.25, 0.3) is 0 Å². The topological polar surface area (TPSA) is 12.9 Å². The molecule has 3 aromatic carbocycles. The first-order valence-corrected chi connectivity index (χ1v) is 6.75. The third-order valence-electron chi connectivity index (χ3n) is 3.72. The highest BCUT2D eigenvalue weighted by molar-refractivity contribution is 6.10. The van der Waals surface area contributed by atoms with Crippen LogP contribution in [0, 0.1) is 0 Å². The van der Waals surface area contributed by atoms with Crippen molar-refractivity contribution >= 4 is 21.7 Å². The average molecular weight is 255 g/mol. The molecule has 1 aromatic heterocycles. The fourth-order valence-corrected chi connectivity index (χ4v) is 2.76. The zero-order valence-electron chi connectivity index (χ0n) is 11.0. The van der Waals surface area contributed by atoms with Crippen molar-refractivity contribution in [3.8, 4) is 11.1 Å². The molecule has 1 heteroatoms. The number of fused-ring (bicyclic) bond motifs is 3. The van der Waals surface area contributed by atoms with Crippen LogP contribution in [0.1, 0.15) is 0 Å². The van der Waals surface area contributed by atoms with E-state index in [-0.39, 0.29) is 0 Å². The summed E-state index contributed by atoms with van der Waals surface area (Å²) >= 11 is 0. The van der Waals surface area contributed by atoms with E-state index >= 15 is 0 Å². The van der Waals surface area contributed by atoms with Crippen molar-refractivity contribution in [2.75, 3.05) is 0 Å². The number of hydrogen-bond acceptors (Lipinski definition) is 1. The van der Waals surface area contributed by atoms with E-state index < -0.39 is 0 Å². The maximum atomic E-state index is 4.60. The Kier molecular flexibility index (Phi) is 2.49. The summed E-state index contributed by atoms with van der Waals surface area (Å²) in [5.41, 5.74) is 3.52. The lowest BCUT2D eigenvalue weighted by Crippen LogP contribution is -1.85. The molecule has 0 bridgehead atoms. The summed E-state index contributed by atoms with van der Waals surface area (Å²) < 4.78 is 0. The third-order valence-corrected chi connectivity index (χ3v) is 3.72. The van der Waals surface area contributed by atoms with E-state index in [0.717, 1.165) is 5.52 Å². The van der Waals surface area contributed by atoms with Crippen LogP contribution in [0.3, 0.4) is 0 Å². The number of pyridine rings is 1. The summed E-state index contributed by atoms with van der Waals surface area (Å²) in [5, 5.41) is 3.68. The Morgan fingerprint density at radius 1 is 0.550 bits per heavy atom. The smallest absolute Gasteiger partial charge is 0.0708 e. The van der Waals surface area contributed by atoms with Gasteiger partial charge in [-0.1, -0.05) is 66.7 Å². The molecule has 0 saturated carbocycles. The molecule has 0 aliphatic rings. The minimum atomic E-state index is 1.05. The molecule has 1 heterocycles. The van der Waals surface area contributed by atoms with Gasteiger partial charge >= 0.3 is 0 Å². The van der Waals surface area contributed by atoms with Crippen molar-refractivity contribution in [1.29, 1.82) is 0 Å². The van der Waals surface area contributed by atoms with Gasteiger partial charge in [0.2, 0.25) is 0 Å². The molecule has 4 aromatic rings. The SMILES string of the molecule is c1ccc(-c2cccc3c2cnc2ccccc23)cc1. The second kappa shape index (κ2) is 4.46. The lowest BCUT2D eigenvalue weighted by Gasteiger charge is -2.08. The number of para-hydroxylation sites is 1. The second-order valence-corrected chi connectivity index (χ2v) is 4.91. The molecule has 0 amide bonds. The molecular weight excluding hydrogens is 242 g/mol. The van der Waals surface area contributed by atoms with Gasteiger partial charge in [-0.15, -0.1) is 0 Å². The lowest BCUT2D eigenvalue weighted by atomic mass is 9.97. The molecule has 0 radical (unpaired) electrons. The molecule has 0 fully saturated rings. The monoisotopic (exact) mass is 255 g/mol. The van der Waals surface area contributed by atoms with Crippen LogP contribution in [-0.2, 0) is 0 Å². The van der Waals surface area contributed by atoms with E-state index in [1.807, 2.05) is 18.3 Å². The highest BCUT2D eigenvalue weighted by Crippen LogP contribution is 2.31. The first kappa shape index (κ1) is 11.2. The van der Waals surface area contributed by atoms with Crippen LogP contribution in [0.25, 0.3) is 32.8 Å². The zero-order valence-corrected chi connectivity index (χ0v) is 11.0. The Labute approximate surface area is 117 Å². The van der Waals surface area contributed by atoms with Crippen LogP contribution in [0.2, 0.25) is 0 Å². The Morgan fingerprint density at radius 2 is 1.30 bits per heavy atom. The average Bonchev–Trinajstić information content (AvgIpc) is 2.55. The van der Waals surface area contributed by atoms with Crippen molar-refractivity contribution in [2.24, 2.45) is 0 Å². The summed E-state index contributed by atoms with van der Waals surface area (Å²) in [6.45, 7) is 0. The second-order valence-electron chi connectivity index (χ2n) is 4.91. The molecule has 1 nitrogen and oxygen atoms in total.